The van der Waals surface area contributed by atoms with Gasteiger partial charge in [-0.25, -0.2) is 18.7 Å². The number of hydrogen-bond donors (Lipinski definition) is 1. The first-order valence-corrected chi connectivity index (χ1v) is 6.62. The largest absolute Gasteiger partial charge is 0.354 e. The summed E-state index contributed by atoms with van der Waals surface area (Å²) in [5.41, 5.74) is -0.134. The van der Waals surface area contributed by atoms with Crippen molar-refractivity contribution in [2.45, 2.75) is 6.92 Å². The van der Waals surface area contributed by atoms with E-state index in [1.165, 1.54) is 12.1 Å². The molecule has 0 atom stereocenters. The molecule has 1 heterocycles. The molecule has 0 aliphatic rings. The molecular formula is C12H9BrClF2N3. The Labute approximate surface area is 122 Å². The van der Waals surface area contributed by atoms with Crippen molar-refractivity contribution < 1.29 is 8.78 Å². The van der Waals surface area contributed by atoms with E-state index in [0.717, 1.165) is 6.20 Å². The van der Waals surface area contributed by atoms with Gasteiger partial charge < -0.3 is 5.32 Å². The van der Waals surface area contributed by atoms with Gasteiger partial charge in [-0.05, 0) is 35.0 Å². The number of benzene rings is 1. The lowest BCUT2D eigenvalue weighted by Gasteiger charge is -2.08. The first kappa shape index (κ1) is 14.1. The van der Waals surface area contributed by atoms with Gasteiger partial charge >= 0.3 is 0 Å². The highest BCUT2D eigenvalue weighted by atomic mass is 79.9. The fraction of sp³-hybridized carbons (Fsp3) is 0.167. The van der Waals surface area contributed by atoms with Crippen LogP contribution in [0.25, 0.3) is 11.3 Å². The molecule has 100 valence electrons. The smallest absolute Gasteiger partial charge is 0.223 e. The van der Waals surface area contributed by atoms with Gasteiger partial charge in [-0.2, -0.15) is 0 Å². The summed E-state index contributed by atoms with van der Waals surface area (Å²) in [5.74, 6) is -1.20. The van der Waals surface area contributed by atoms with Gasteiger partial charge in [0.1, 0.15) is 5.69 Å². The van der Waals surface area contributed by atoms with Crippen molar-refractivity contribution in [2.24, 2.45) is 0 Å². The summed E-state index contributed by atoms with van der Waals surface area (Å²) in [4.78, 5) is 7.71. The molecule has 0 saturated carbocycles. The average Bonchev–Trinajstić information content (AvgIpc) is 2.39. The molecule has 0 radical (unpaired) electrons. The van der Waals surface area contributed by atoms with Gasteiger partial charge in [0.2, 0.25) is 5.95 Å². The van der Waals surface area contributed by atoms with E-state index >= 15 is 0 Å². The molecule has 1 N–H and O–H groups in total. The fourth-order valence-corrected chi connectivity index (χ4v) is 1.98. The zero-order valence-corrected chi connectivity index (χ0v) is 12.2. The maximum Gasteiger partial charge on any atom is 0.223 e. The number of halogens is 4. The molecule has 1 aromatic heterocycles. The predicted molar refractivity (Wildman–Crippen MR) is 74.3 cm³/mol. The third-order valence-electron chi connectivity index (χ3n) is 2.37. The van der Waals surface area contributed by atoms with E-state index in [4.69, 9.17) is 11.6 Å². The van der Waals surface area contributed by atoms with Crippen LogP contribution >= 0.6 is 27.5 Å². The summed E-state index contributed by atoms with van der Waals surface area (Å²) < 4.78 is 28.2. The third kappa shape index (κ3) is 2.84. The van der Waals surface area contributed by atoms with E-state index in [1.807, 2.05) is 6.92 Å². The quantitative estimate of drug-likeness (QED) is 0.842. The van der Waals surface area contributed by atoms with Crippen LogP contribution in [0.5, 0.6) is 0 Å². The van der Waals surface area contributed by atoms with E-state index in [0.29, 0.717) is 11.0 Å². The Hall–Kier alpha value is -1.27. The Balaban J connectivity index is 2.58. The first-order valence-electron chi connectivity index (χ1n) is 5.44. The van der Waals surface area contributed by atoms with E-state index < -0.39 is 11.6 Å². The van der Waals surface area contributed by atoms with Gasteiger partial charge in [0.25, 0.3) is 0 Å². The Bertz CT molecular complexity index is 622. The minimum Gasteiger partial charge on any atom is -0.354 e. The molecule has 0 unspecified atom stereocenters. The zero-order chi connectivity index (χ0) is 14.0. The molecule has 0 spiro atoms. The molecule has 7 heteroatoms. The number of nitrogens with zero attached hydrogens (tertiary/aromatic N) is 2. The van der Waals surface area contributed by atoms with Crippen molar-refractivity contribution in [2.75, 3.05) is 11.9 Å². The molecule has 1 aromatic carbocycles. The Kier molecular flexibility index (Phi) is 4.31. The van der Waals surface area contributed by atoms with Crippen molar-refractivity contribution in [3.05, 3.63) is 39.5 Å². The van der Waals surface area contributed by atoms with Crippen LogP contribution in [0.1, 0.15) is 6.92 Å². The van der Waals surface area contributed by atoms with Crippen molar-refractivity contribution in [3.63, 3.8) is 0 Å². The highest BCUT2D eigenvalue weighted by molar-refractivity contribution is 9.10. The zero-order valence-electron chi connectivity index (χ0n) is 9.85. The second-order valence-electron chi connectivity index (χ2n) is 3.64. The molecule has 0 fully saturated rings. The Morgan fingerprint density at radius 1 is 1.37 bits per heavy atom. The number of anilines is 1. The van der Waals surface area contributed by atoms with Gasteiger partial charge in [0, 0.05) is 16.6 Å². The second kappa shape index (κ2) is 5.79. The topological polar surface area (TPSA) is 37.8 Å². The van der Waals surface area contributed by atoms with Crippen LogP contribution in [0.2, 0.25) is 5.02 Å². The SMILES string of the molecule is CCNc1ncc(F)c(-c2ccc(Br)c(Cl)c2F)n1. The van der Waals surface area contributed by atoms with Crippen LogP contribution in [-0.2, 0) is 0 Å². The lowest BCUT2D eigenvalue weighted by atomic mass is 10.1. The van der Waals surface area contributed by atoms with Gasteiger partial charge in [-0.15, -0.1) is 0 Å². The normalized spacial score (nSPS) is 10.6. The van der Waals surface area contributed by atoms with E-state index in [1.54, 1.807) is 0 Å². The number of rotatable bonds is 3. The second-order valence-corrected chi connectivity index (χ2v) is 4.88. The molecular weight excluding hydrogens is 340 g/mol. The van der Waals surface area contributed by atoms with Crippen molar-refractivity contribution >= 4 is 33.5 Å². The lowest BCUT2D eigenvalue weighted by molar-refractivity contribution is 0.607. The van der Waals surface area contributed by atoms with Gasteiger partial charge in [-0.3, -0.25) is 0 Å². The highest BCUT2D eigenvalue weighted by Crippen LogP contribution is 2.33. The van der Waals surface area contributed by atoms with E-state index in [2.05, 4.69) is 31.2 Å². The summed E-state index contributed by atoms with van der Waals surface area (Å²) in [6, 6.07) is 2.95. The van der Waals surface area contributed by atoms with Crippen LogP contribution in [0, 0.1) is 11.6 Å². The van der Waals surface area contributed by atoms with Gasteiger partial charge in [0.05, 0.1) is 11.2 Å². The minimum absolute atomic E-state index is 0.00717. The molecule has 2 aromatic rings. The van der Waals surface area contributed by atoms with Crippen LogP contribution < -0.4 is 5.32 Å². The van der Waals surface area contributed by atoms with Crippen LogP contribution in [-0.4, -0.2) is 16.5 Å². The molecule has 3 nitrogen and oxygen atoms in total. The average molecular weight is 349 g/mol. The third-order valence-corrected chi connectivity index (χ3v) is 3.63. The Morgan fingerprint density at radius 2 is 2.11 bits per heavy atom. The minimum atomic E-state index is -0.726. The highest BCUT2D eigenvalue weighted by Gasteiger charge is 2.17. The summed E-state index contributed by atoms with van der Waals surface area (Å²) in [7, 11) is 0. The summed E-state index contributed by atoms with van der Waals surface area (Å²) in [6.07, 6.45) is 0.996. The van der Waals surface area contributed by atoms with Crippen LogP contribution in [0.4, 0.5) is 14.7 Å². The standard InChI is InChI=1S/C12H9BrClF2N3/c1-2-17-12-18-5-8(15)11(19-12)6-3-4-7(13)9(14)10(6)16/h3-5H,2H2,1H3,(H,17,18,19). The van der Waals surface area contributed by atoms with Crippen molar-refractivity contribution in [1.82, 2.24) is 9.97 Å². The monoisotopic (exact) mass is 347 g/mol. The summed E-state index contributed by atoms with van der Waals surface area (Å²) in [6.45, 7) is 2.43. The van der Waals surface area contributed by atoms with Gasteiger partial charge in [-0.1, -0.05) is 11.6 Å². The van der Waals surface area contributed by atoms with E-state index in [-0.39, 0.29) is 22.2 Å². The van der Waals surface area contributed by atoms with Crippen LogP contribution in [0.15, 0.2) is 22.8 Å². The van der Waals surface area contributed by atoms with E-state index in [9.17, 15) is 8.78 Å². The maximum absolute atomic E-state index is 14.0. The molecule has 0 bridgehead atoms. The fourth-order valence-electron chi connectivity index (χ4n) is 1.51. The van der Waals surface area contributed by atoms with Crippen LogP contribution in [0.3, 0.4) is 0 Å². The number of nitrogens with one attached hydrogen (secondary N) is 1. The summed E-state index contributed by atoms with van der Waals surface area (Å²) in [5, 5.41) is 2.73. The lowest BCUT2D eigenvalue weighted by Crippen LogP contribution is -2.04. The molecule has 2 rings (SSSR count). The Morgan fingerprint density at radius 3 is 2.79 bits per heavy atom. The molecule has 19 heavy (non-hydrogen) atoms. The number of aromatic nitrogens is 2. The predicted octanol–water partition coefficient (Wildman–Crippen LogP) is 4.27. The summed E-state index contributed by atoms with van der Waals surface area (Å²) >= 11 is 8.88. The first-order chi connectivity index (χ1) is 9.04. The van der Waals surface area contributed by atoms with Crippen molar-refractivity contribution in [1.29, 1.82) is 0 Å². The number of hydrogen-bond acceptors (Lipinski definition) is 3. The van der Waals surface area contributed by atoms with Crippen molar-refractivity contribution in [3.8, 4) is 11.3 Å². The molecule has 0 saturated heterocycles. The molecule has 0 aliphatic heterocycles. The molecule has 0 aliphatic carbocycles. The van der Waals surface area contributed by atoms with Gasteiger partial charge in [0.15, 0.2) is 11.6 Å². The maximum atomic E-state index is 14.0. The molecule has 0 amide bonds.